The van der Waals surface area contributed by atoms with Crippen molar-refractivity contribution in [2.45, 2.75) is 62.4 Å². The highest BCUT2D eigenvalue weighted by Crippen LogP contribution is 2.41. The molecule has 1 aromatic carbocycles. The van der Waals surface area contributed by atoms with Crippen molar-refractivity contribution < 1.29 is 9.53 Å². The normalized spacial score (nSPS) is 32.2. The summed E-state index contributed by atoms with van der Waals surface area (Å²) in [5.74, 6) is 1.23. The van der Waals surface area contributed by atoms with E-state index in [1.807, 2.05) is 24.3 Å². The van der Waals surface area contributed by atoms with Gasteiger partial charge >= 0.3 is 0 Å². The molecule has 4 rings (SSSR count). The average Bonchev–Trinajstić information content (AvgIpc) is 2.63. The van der Waals surface area contributed by atoms with Crippen LogP contribution in [0.4, 0.5) is 0 Å². The van der Waals surface area contributed by atoms with Crippen LogP contribution in [0, 0.1) is 11.8 Å². The van der Waals surface area contributed by atoms with Crippen molar-refractivity contribution in [3.63, 3.8) is 0 Å². The van der Waals surface area contributed by atoms with Gasteiger partial charge in [0.15, 0.2) is 0 Å². The molecule has 4 nitrogen and oxygen atoms in total. The topological polar surface area (TPSA) is 64.3 Å². The number of hydrogen-bond acceptors (Lipinski definition) is 3. The summed E-state index contributed by atoms with van der Waals surface area (Å²) in [5.41, 5.74) is 6.80. The number of nitrogens with two attached hydrogens (primary N) is 1. The fraction of sp³-hybridized carbons (Fsp3) is 0.667. The Labute approximate surface area is 173 Å². The standard InChI is InChI=1S/C21H29ClN2O2.ClH/c22-17-6-4-16(5-7-17)21(8-10-26-11-9-21)20(25)24-19-14-2-1-3-15(19)13-18(23)12-14;/h4-7,14-15,18-19H,1-3,8-13,23H2,(H,24,25);1H. The molecule has 0 spiro atoms. The van der Waals surface area contributed by atoms with Crippen LogP contribution >= 0.6 is 24.0 Å². The number of halogens is 2. The summed E-state index contributed by atoms with van der Waals surface area (Å²) in [6.07, 6.45) is 7.17. The second kappa shape index (κ2) is 8.69. The summed E-state index contributed by atoms with van der Waals surface area (Å²) < 4.78 is 5.58. The van der Waals surface area contributed by atoms with Gasteiger partial charge < -0.3 is 15.8 Å². The largest absolute Gasteiger partial charge is 0.381 e. The van der Waals surface area contributed by atoms with Gasteiger partial charge in [0.25, 0.3) is 0 Å². The molecule has 1 heterocycles. The summed E-state index contributed by atoms with van der Waals surface area (Å²) in [5, 5.41) is 4.18. The smallest absolute Gasteiger partial charge is 0.231 e. The lowest BCUT2D eigenvalue weighted by Crippen LogP contribution is -2.58. The van der Waals surface area contributed by atoms with E-state index in [0.29, 0.717) is 36.1 Å². The molecule has 2 atom stereocenters. The molecular weight excluding hydrogens is 383 g/mol. The maximum absolute atomic E-state index is 13.6. The number of nitrogens with one attached hydrogen (secondary N) is 1. The first-order valence-corrected chi connectivity index (χ1v) is 10.4. The molecule has 2 aliphatic carbocycles. The van der Waals surface area contributed by atoms with E-state index in [-0.39, 0.29) is 24.4 Å². The van der Waals surface area contributed by atoms with E-state index >= 15 is 0 Å². The van der Waals surface area contributed by atoms with Crippen LogP contribution < -0.4 is 11.1 Å². The van der Waals surface area contributed by atoms with Crippen molar-refractivity contribution in [2.75, 3.05) is 13.2 Å². The minimum absolute atomic E-state index is 0. The van der Waals surface area contributed by atoms with Gasteiger partial charge in [0.05, 0.1) is 5.41 Å². The first-order chi connectivity index (χ1) is 12.6. The minimum Gasteiger partial charge on any atom is -0.381 e. The highest BCUT2D eigenvalue weighted by molar-refractivity contribution is 6.30. The number of benzene rings is 1. The third-order valence-corrected chi connectivity index (χ3v) is 7.10. The summed E-state index contributed by atoms with van der Waals surface area (Å²) in [4.78, 5) is 13.6. The number of amides is 1. The van der Waals surface area contributed by atoms with E-state index in [2.05, 4.69) is 5.32 Å². The van der Waals surface area contributed by atoms with Crippen molar-refractivity contribution in [1.29, 1.82) is 0 Å². The monoisotopic (exact) mass is 412 g/mol. The van der Waals surface area contributed by atoms with Crippen LogP contribution in [0.5, 0.6) is 0 Å². The molecule has 27 heavy (non-hydrogen) atoms. The van der Waals surface area contributed by atoms with E-state index in [1.165, 1.54) is 19.3 Å². The SMILES string of the molecule is Cl.NC1CC2CCCC(C1)C2NC(=O)C1(c2ccc(Cl)cc2)CCOCC1. The number of rotatable bonds is 3. The Bertz CT molecular complexity index is 632. The lowest BCUT2D eigenvalue weighted by Gasteiger charge is -2.47. The molecule has 3 fully saturated rings. The first-order valence-electron chi connectivity index (χ1n) is 9.99. The maximum Gasteiger partial charge on any atom is 0.231 e. The Hall–Kier alpha value is -0.810. The summed E-state index contributed by atoms with van der Waals surface area (Å²) in [6.45, 7) is 1.25. The molecule has 0 aromatic heterocycles. The molecule has 0 radical (unpaired) electrons. The fourth-order valence-corrected chi connectivity index (χ4v) is 5.58. The van der Waals surface area contributed by atoms with Gasteiger partial charge in [-0.25, -0.2) is 0 Å². The third kappa shape index (κ3) is 4.14. The Morgan fingerprint density at radius 2 is 1.70 bits per heavy atom. The van der Waals surface area contributed by atoms with Gasteiger partial charge in [0.2, 0.25) is 5.91 Å². The van der Waals surface area contributed by atoms with Gasteiger partial charge in [-0.15, -0.1) is 12.4 Å². The Morgan fingerprint density at radius 1 is 1.11 bits per heavy atom. The zero-order chi connectivity index (χ0) is 18.1. The van der Waals surface area contributed by atoms with Crippen LogP contribution in [-0.2, 0) is 14.9 Å². The third-order valence-electron chi connectivity index (χ3n) is 6.85. The zero-order valence-corrected chi connectivity index (χ0v) is 17.2. The molecule has 6 heteroatoms. The fourth-order valence-electron chi connectivity index (χ4n) is 5.45. The highest BCUT2D eigenvalue weighted by Gasteiger charge is 2.46. The minimum atomic E-state index is -0.503. The molecule has 3 N–H and O–H groups in total. The summed E-state index contributed by atoms with van der Waals surface area (Å²) in [6, 6.07) is 8.36. The number of carbonyl (C=O) groups is 1. The molecule has 2 unspecified atom stereocenters. The molecule has 1 saturated heterocycles. The van der Waals surface area contributed by atoms with Crippen molar-refractivity contribution in [1.82, 2.24) is 5.32 Å². The van der Waals surface area contributed by atoms with E-state index < -0.39 is 5.41 Å². The van der Waals surface area contributed by atoms with Crippen LogP contribution in [0.1, 0.15) is 50.5 Å². The number of carbonyl (C=O) groups excluding carboxylic acids is 1. The van der Waals surface area contributed by atoms with E-state index in [0.717, 1.165) is 31.2 Å². The lowest BCUT2D eigenvalue weighted by atomic mass is 9.66. The molecule has 1 aliphatic heterocycles. The molecule has 1 aromatic rings. The van der Waals surface area contributed by atoms with E-state index in [9.17, 15) is 4.79 Å². The maximum atomic E-state index is 13.6. The second-order valence-corrected chi connectivity index (χ2v) is 8.82. The Morgan fingerprint density at radius 3 is 2.30 bits per heavy atom. The summed E-state index contributed by atoms with van der Waals surface area (Å²) >= 11 is 6.07. The Balaban J connectivity index is 0.00000210. The van der Waals surface area contributed by atoms with Crippen LogP contribution in [0.2, 0.25) is 5.02 Å². The van der Waals surface area contributed by atoms with Gasteiger partial charge in [-0.05, 0) is 68.1 Å². The van der Waals surface area contributed by atoms with Crippen molar-refractivity contribution in [3.8, 4) is 0 Å². The number of ether oxygens (including phenoxy) is 1. The van der Waals surface area contributed by atoms with Crippen LogP contribution in [0.25, 0.3) is 0 Å². The predicted molar refractivity (Wildman–Crippen MR) is 110 cm³/mol. The molecule has 3 aliphatic rings. The molecule has 2 saturated carbocycles. The van der Waals surface area contributed by atoms with Crippen molar-refractivity contribution in [3.05, 3.63) is 34.9 Å². The lowest BCUT2D eigenvalue weighted by molar-refractivity contribution is -0.133. The van der Waals surface area contributed by atoms with Crippen LogP contribution in [-0.4, -0.2) is 31.2 Å². The Kier molecular flexibility index (Phi) is 6.73. The highest BCUT2D eigenvalue weighted by atomic mass is 35.5. The van der Waals surface area contributed by atoms with Gasteiger partial charge in [0.1, 0.15) is 0 Å². The molecular formula is C21H30Cl2N2O2. The number of fused-ring (bicyclic) bond motifs is 2. The summed E-state index contributed by atoms with van der Waals surface area (Å²) in [7, 11) is 0. The van der Waals surface area contributed by atoms with Crippen molar-refractivity contribution >= 4 is 29.9 Å². The van der Waals surface area contributed by atoms with Crippen molar-refractivity contribution in [2.24, 2.45) is 17.6 Å². The molecule has 2 bridgehead atoms. The van der Waals surface area contributed by atoms with Crippen LogP contribution in [0.3, 0.4) is 0 Å². The van der Waals surface area contributed by atoms with Gasteiger partial charge in [-0.3, -0.25) is 4.79 Å². The number of hydrogen-bond donors (Lipinski definition) is 2. The second-order valence-electron chi connectivity index (χ2n) is 8.38. The van der Waals surface area contributed by atoms with Crippen LogP contribution in [0.15, 0.2) is 24.3 Å². The quantitative estimate of drug-likeness (QED) is 0.792. The van der Waals surface area contributed by atoms with Gasteiger partial charge in [-0.2, -0.15) is 0 Å². The first kappa shape index (κ1) is 20.9. The van der Waals surface area contributed by atoms with E-state index in [1.54, 1.807) is 0 Å². The predicted octanol–water partition coefficient (Wildman–Crippen LogP) is 3.83. The average molecular weight is 413 g/mol. The van der Waals surface area contributed by atoms with Gasteiger partial charge in [-0.1, -0.05) is 30.2 Å². The molecule has 150 valence electrons. The van der Waals surface area contributed by atoms with E-state index in [4.69, 9.17) is 22.1 Å². The molecule has 1 amide bonds. The zero-order valence-electron chi connectivity index (χ0n) is 15.7. The van der Waals surface area contributed by atoms with Gasteiger partial charge in [0, 0.05) is 30.3 Å².